The van der Waals surface area contributed by atoms with E-state index in [9.17, 15) is 5.11 Å². The minimum absolute atomic E-state index is 0.579. The summed E-state index contributed by atoms with van der Waals surface area (Å²) in [6, 6.07) is 9.81. The van der Waals surface area contributed by atoms with Gasteiger partial charge < -0.3 is 5.11 Å². The van der Waals surface area contributed by atoms with E-state index in [1.807, 2.05) is 30.3 Å². The number of nitrogens with zero attached hydrogens (tertiary/aromatic N) is 1. The van der Waals surface area contributed by atoms with Crippen LogP contribution in [0.15, 0.2) is 30.3 Å². The van der Waals surface area contributed by atoms with E-state index in [2.05, 4.69) is 18.8 Å². The Kier molecular flexibility index (Phi) is 3.90. The van der Waals surface area contributed by atoms with Crippen LogP contribution in [-0.2, 0) is 12.8 Å². The molecule has 0 amide bonds. The molecule has 2 nitrogen and oxygen atoms in total. The molecule has 0 aliphatic heterocycles. The number of fused-ring (bicyclic) bond motifs is 1. The lowest BCUT2D eigenvalue weighted by Gasteiger charge is -2.24. The van der Waals surface area contributed by atoms with Gasteiger partial charge in [-0.2, -0.15) is 0 Å². The van der Waals surface area contributed by atoms with E-state index in [0.29, 0.717) is 0 Å². The van der Waals surface area contributed by atoms with E-state index in [-0.39, 0.29) is 0 Å². The molecule has 0 bridgehead atoms. The number of aryl methyl sites for hydroxylation is 1. The number of hydrogen-bond acceptors (Lipinski definition) is 3. The van der Waals surface area contributed by atoms with Gasteiger partial charge in [0.1, 0.15) is 11.1 Å². The van der Waals surface area contributed by atoms with Crippen LogP contribution in [0.25, 0.3) is 0 Å². The van der Waals surface area contributed by atoms with Crippen LogP contribution in [0, 0.1) is 11.8 Å². The van der Waals surface area contributed by atoms with Gasteiger partial charge in [0.05, 0.1) is 5.69 Å². The van der Waals surface area contributed by atoms with Crippen LogP contribution in [0.1, 0.15) is 47.5 Å². The lowest BCUT2D eigenvalue weighted by atomic mass is 9.83. The van der Waals surface area contributed by atoms with Crippen LogP contribution >= 0.6 is 11.3 Å². The minimum Gasteiger partial charge on any atom is -0.381 e. The predicted octanol–water partition coefficient (Wildman–Crippen LogP) is 3.99. The number of thiazole rings is 1. The fourth-order valence-corrected chi connectivity index (χ4v) is 4.10. The first-order valence-corrected chi connectivity index (χ1v) is 8.18. The summed E-state index contributed by atoms with van der Waals surface area (Å²) in [4.78, 5) is 6.08. The minimum atomic E-state index is -0.579. The molecule has 0 radical (unpaired) electrons. The molecular weight excluding hydrogens is 266 g/mol. The van der Waals surface area contributed by atoms with Gasteiger partial charge in [0.15, 0.2) is 0 Å². The van der Waals surface area contributed by atoms with Gasteiger partial charge in [0.25, 0.3) is 0 Å². The van der Waals surface area contributed by atoms with Gasteiger partial charge in [-0.15, -0.1) is 11.3 Å². The molecule has 0 fully saturated rings. The number of benzene rings is 1. The van der Waals surface area contributed by atoms with Crippen LogP contribution in [-0.4, -0.2) is 10.1 Å². The van der Waals surface area contributed by atoms with Crippen molar-refractivity contribution in [2.45, 2.75) is 39.2 Å². The molecule has 1 aromatic heterocycles. The Hall–Kier alpha value is -1.19. The molecule has 2 atom stereocenters. The summed E-state index contributed by atoms with van der Waals surface area (Å²) in [7, 11) is 0. The smallest absolute Gasteiger partial charge is 0.131 e. The summed E-state index contributed by atoms with van der Waals surface area (Å²) in [6.45, 7) is 4.60. The van der Waals surface area contributed by atoms with Gasteiger partial charge in [-0.05, 0) is 36.7 Å². The van der Waals surface area contributed by atoms with Gasteiger partial charge in [-0.1, -0.05) is 44.2 Å². The Morgan fingerprint density at radius 2 is 2.00 bits per heavy atom. The SMILES string of the molecule is CC(C)C1CCc2nc(C(O)c3ccccc3)sc2C1. The third kappa shape index (κ3) is 2.65. The van der Waals surface area contributed by atoms with Crippen molar-refractivity contribution in [1.29, 1.82) is 0 Å². The molecular formula is C17H21NOS. The maximum atomic E-state index is 10.5. The highest BCUT2D eigenvalue weighted by Gasteiger charge is 2.26. The molecule has 1 aromatic carbocycles. The summed E-state index contributed by atoms with van der Waals surface area (Å²) in [6.07, 6.45) is 2.85. The van der Waals surface area contributed by atoms with E-state index in [1.165, 1.54) is 17.0 Å². The molecule has 1 aliphatic carbocycles. The maximum absolute atomic E-state index is 10.5. The largest absolute Gasteiger partial charge is 0.381 e. The molecule has 2 aromatic rings. The first-order chi connectivity index (χ1) is 9.65. The average molecular weight is 287 g/mol. The molecule has 1 N–H and O–H groups in total. The molecule has 1 aliphatic rings. The monoisotopic (exact) mass is 287 g/mol. The van der Waals surface area contributed by atoms with Crippen LogP contribution in [0.3, 0.4) is 0 Å². The van der Waals surface area contributed by atoms with Gasteiger partial charge in [0.2, 0.25) is 0 Å². The first kappa shape index (κ1) is 13.8. The molecule has 3 rings (SSSR count). The first-order valence-electron chi connectivity index (χ1n) is 7.36. The summed E-state index contributed by atoms with van der Waals surface area (Å²) >= 11 is 1.70. The quantitative estimate of drug-likeness (QED) is 0.926. The Balaban J connectivity index is 1.84. The van der Waals surface area contributed by atoms with E-state index in [0.717, 1.165) is 35.2 Å². The zero-order valence-electron chi connectivity index (χ0n) is 12.0. The second-order valence-corrected chi connectivity index (χ2v) is 7.10. The number of aliphatic hydroxyl groups is 1. The molecule has 2 unspecified atom stereocenters. The third-order valence-electron chi connectivity index (χ3n) is 4.29. The highest BCUT2D eigenvalue weighted by atomic mass is 32.1. The van der Waals surface area contributed by atoms with Gasteiger partial charge in [-0.25, -0.2) is 4.98 Å². The van der Waals surface area contributed by atoms with Gasteiger partial charge >= 0.3 is 0 Å². The van der Waals surface area contributed by atoms with Crippen molar-refractivity contribution < 1.29 is 5.11 Å². The second kappa shape index (κ2) is 5.66. The molecule has 1 heterocycles. The summed E-state index contributed by atoms with van der Waals surface area (Å²) in [5, 5.41) is 11.3. The number of hydrogen-bond donors (Lipinski definition) is 1. The summed E-state index contributed by atoms with van der Waals surface area (Å²) in [5.74, 6) is 1.50. The third-order valence-corrected chi connectivity index (χ3v) is 5.46. The number of aromatic nitrogens is 1. The van der Waals surface area contributed by atoms with Crippen LogP contribution in [0.5, 0.6) is 0 Å². The van der Waals surface area contributed by atoms with Crippen molar-refractivity contribution in [3.63, 3.8) is 0 Å². The van der Waals surface area contributed by atoms with Crippen molar-refractivity contribution in [2.24, 2.45) is 11.8 Å². The predicted molar refractivity (Wildman–Crippen MR) is 83.0 cm³/mol. The standard InChI is InChI=1S/C17H21NOS/c1-11(2)13-8-9-14-15(10-13)20-17(18-14)16(19)12-6-4-3-5-7-12/h3-7,11,13,16,19H,8-10H2,1-2H3. The maximum Gasteiger partial charge on any atom is 0.131 e. The molecule has 0 saturated heterocycles. The van der Waals surface area contributed by atoms with Crippen molar-refractivity contribution in [3.8, 4) is 0 Å². The molecule has 0 spiro atoms. The van der Waals surface area contributed by atoms with Crippen LogP contribution in [0.2, 0.25) is 0 Å². The summed E-state index contributed by atoms with van der Waals surface area (Å²) < 4.78 is 0. The second-order valence-electron chi connectivity index (χ2n) is 5.98. The zero-order chi connectivity index (χ0) is 14.1. The number of rotatable bonds is 3. The molecule has 20 heavy (non-hydrogen) atoms. The van der Waals surface area contributed by atoms with Crippen LogP contribution < -0.4 is 0 Å². The molecule has 106 valence electrons. The normalized spacial score (nSPS) is 19.9. The Bertz CT molecular complexity index is 576. The van der Waals surface area contributed by atoms with E-state index in [1.54, 1.807) is 11.3 Å². The highest BCUT2D eigenvalue weighted by molar-refractivity contribution is 7.11. The van der Waals surface area contributed by atoms with Crippen molar-refractivity contribution in [2.75, 3.05) is 0 Å². The molecule has 3 heteroatoms. The number of aliphatic hydroxyl groups excluding tert-OH is 1. The van der Waals surface area contributed by atoms with Crippen molar-refractivity contribution in [1.82, 2.24) is 4.98 Å². The van der Waals surface area contributed by atoms with E-state index in [4.69, 9.17) is 0 Å². The van der Waals surface area contributed by atoms with Gasteiger partial charge in [-0.3, -0.25) is 0 Å². The fourth-order valence-electron chi connectivity index (χ4n) is 2.88. The fraction of sp³-hybridized carbons (Fsp3) is 0.471. The summed E-state index contributed by atoms with van der Waals surface area (Å²) in [5.41, 5.74) is 2.15. The van der Waals surface area contributed by atoms with E-state index >= 15 is 0 Å². The van der Waals surface area contributed by atoms with Crippen molar-refractivity contribution >= 4 is 11.3 Å². The van der Waals surface area contributed by atoms with E-state index < -0.39 is 6.10 Å². The Morgan fingerprint density at radius 1 is 1.25 bits per heavy atom. The average Bonchev–Trinajstić information content (AvgIpc) is 2.90. The Morgan fingerprint density at radius 3 is 2.70 bits per heavy atom. The van der Waals surface area contributed by atoms with Crippen molar-refractivity contribution in [3.05, 3.63) is 51.5 Å². The van der Waals surface area contributed by atoms with Crippen LogP contribution in [0.4, 0.5) is 0 Å². The lowest BCUT2D eigenvalue weighted by molar-refractivity contribution is 0.219. The highest BCUT2D eigenvalue weighted by Crippen LogP contribution is 2.36. The Labute approximate surface area is 124 Å². The lowest BCUT2D eigenvalue weighted by Crippen LogP contribution is -2.17. The molecule has 0 saturated carbocycles. The zero-order valence-corrected chi connectivity index (χ0v) is 12.9. The van der Waals surface area contributed by atoms with Gasteiger partial charge in [0, 0.05) is 4.88 Å². The topological polar surface area (TPSA) is 33.1 Å².